The Balaban J connectivity index is 3.75. The maximum atomic E-state index is 10.6. The minimum atomic E-state index is -0.587. The minimum absolute atomic E-state index is 0.0209. The van der Waals surface area contributed by atoms with E-state index in [-0.39, 0.29) is 5.54 Å². The molecule has 5 N–H and O–H groups in total. The second-order valence-electron chi connectivity index (χ2n) is 3.63. The first-order valence-electron chi connectivity index (χ1n) is 4.19. The summed E-state index contributed by atoms with van der Waals surface area (Å²) >= 11 is 0. The largest absolute Gasteiger partial charge is 0.368 e. The molecule has 4 nitrogen and oxygen atoms in total. The normalized spacial score (nSPS) is 14.3. The number of primary amides is 1. The van der Waals surface area contributed by atoms with Crippen LogP contribution in [0.15, 0.2) is 0 Å². The van der Waals surface area contributed by atoms with Gasteiger partial charge in [-0.25, -0.2) is 0 Å². The molecule has 1 unspecified atom stereocenters. The summed E-state index contributed by atoms with van der Waals surface area (Å²) in [5, 5.41) is 3.16. The molecule has 0 heterocycles. The van der Waals surface area contributed by atoms with Gasteiger partial charge in [0.05, 0.1) is 6.04 Å². The first-order valence-corrected chi connectivity index (χ1v) is 4.19. The molecule has 0 saturated carbocycles. The lowest BCUT2D eigenvalue weighted by Gasteiger charge is -2.25. The molecule has 0 radical (unpaired) electrons. The maximum Gasteiger partial charge on any atom is 0.235 e. The average Bonchev–Trinajstić information content (AvgIpc) is 2.00. The first-order chi connectivity index (χ1) is 5.39. The molecular weight excluding hydrogens is 154 g/mol. The zero-order chi connectivity index (χ0) is 9.78. The van der Waals surface area contributed by atoms with Crippen LogP contribution < -0.4 is 16.8 Å². The van der Waals surface area contributed by atoms with Gasteiger partial charge in [-0.1, -0.05) is 6.92 Å². The first kappa shape index (κ1) is 11.4. The van der Waals surface area contributed by atoms with E-state index in [0.29, 0.717) is 6.54 Å². The maximum absolute atomic E-state index is 10.6. The number of amides is 1. The number of nitrogens with one attached hydrogen (secondary N) is 1. The Morgan fingerprint density at radius 2 is 2.08 bits per heavy atom. The second-order valence-corrected chi connectivity index (χ2v) is 3.63. The summed E-state index contributed by atoms with van der Waals surface area (Å²) in [7, 11) is 0. The lowest BCUT2D eigenvalue weighted by Crippen LogP contribution is -2.50. The molecule has 0 aliphatic heterocycles. The third-order valence-electron chi connectivity index (χ3n) is 2.05. The number of hydrogen-bond donors (Lipinski definition) is 3. The van der Waals surface area contributed by atoms with Crippen molar-refractivity contribution in [3.05, 3.63) is 0 Å². The van der Waals surface area contributed by atoms with E-state index in [1.54, 1.807) is 0 Å². The topological polar surface area (TPSA) is 81.1 Å². The summed E-state index contributed by atoms with van der Waals surface area (Å²) in [5.41, 5.74) is 10.5. The van der Waals surface area contributed by atoms with Gasteiger partial charge in [-0.15, -0.1) is 0 Å². The van der Waals surface area contributed by atoms with E-state index in [1.807, 2.05) is 0 Å². The van der Waals surface area contributed by atoms with Gasteiger partial charge >= 0.3 is 0 Å². The van der Waals surface area contributed by atoms with Gasteiger partial charge in [0.25, 0.3) is 0 Å². The van der Waals surface area contributed by atoms with Crippen LogP contribution in [0.4, 0.5) is 0 Å². The third kappa shape index (κ3) is 4.31. The molecule has 0 aromatic heterocycles. The van der Waals surface area contributed by atoms with Gasteiger partial charge in [0.1, 0.15) is 0 Å². The predicted octanol–water partition coefficient (Wildman–Crippen LogP) is -0.423. The monoisotopic (exact) mass is 173 g/mol. The number of hydrogen-bond acceptors (Lipinski definition) is 3. The average molecular weight is 173 g/mol. The van der Waals surface area contributed by atoms with Crippen molar-refractivity contribution in [1.29, 1.82) is 0 Å². The van der Waals surface area contributed by atoms with E-state index >= 15 is 0 Å². The van der Waals surface area contributed by atoms with Crippen molar-refractivity contribution >= 4 is 5.91 Å². The molecule has 0 fully saturated rings. The fourth-order valence-electron chi connectivity index (χ4n) is 0.612. The Morgan fingerprint density at radius 1 is 1.58 bits per heavy atom. The molecule has 0 aromatic rings. The van der Waals surface area contributed by atoms with E-state index in [1.165, 1.54) is 0 Å². The van der Waals surface area contributed by atoms with Gasteiger partial charge in [-0.05, 0) is 20.3 Å². The van der Waals surface area contributed by atoms with Crippen LogP contribution in [0.5, 0.6) is 0 Å². The van der Waals surface area contributed by atoms with Crippen LogP contribution >= 0.6 is 0 Å². The quantitative estimate of drug-likeness (QED) is 0.528. The minimum Gasteiger partial charge on any atom is -0.368 e. The Labute approximate surface area is 73.7 Å². The molecule has 0 saturated heterocycles. The molecule has 0 aliphatic rings. The highest BCUT2D eigenvalue weighted by molar-refractivity contribution is 5.79. The van der Waals surface area contributed by atoms with Gasteiger partial charge < -0.3 is 16.8 Å². The van der Waals surface area contributed by atoms with E-state index in [9.17, 15) is 4.79 Å². The molecule has 1 atom stereocenters. The summed E-state index contributed by atoms with van der Waals surface area (Å²) in [6.45, 7) is 6.63. The van der Waals surface area contributed by atoms with Crippen molar-refractivity contribution in [2.24, 2.45) is 11.5 Å². The molecule has 0 rings (SSSR count). The van der Waals surface area contributed by atoms with Crippen LogP contribution in [0.3, 0.4) is 0 Å². The van der Waals surface area contributed by atoms with Gasteiger partial charge in [0, 0.05) is 12.1 Å². The van der Waals surface area contributed by atoms with E-state index in [2.05, 4.69) is 26.1 Å². The van der Waals surface area contributed by atoms with Crippen molar-refractivity contribution in [2.75, 3.05) is 6.54 Å². The van der Waals surface area contributed by atoms with Gasteiger partial charge in [-0.2, -0.15) is 0 Å². The van der Waals surface area contributed by atoms with E-state index < -0.39 is 11.9 Å². The highest BCUT2D eigenvalue weighted by Gasteiger charge is 2.17. The SMILES string of the molecule is CCC(C)(C)NCC(N)C(N)=O. The van der Waals surface area contributed by atoms with Crippen LogP contribution in [0, 0.1) is 0 Å². The summed E-state index contributed by atoms with van der Waals surface area (Å²) in [6.07, 6.45) is 0.985. The van der Waals surface area contributed by atoms with Gasteiger partial charge in [0.15, 0.2) is 0 Å². The highest BCUT2D eigenvalue weighted by Crippen LogP contribution is 2.05. The molecular formula is C8H19N3O. The number of carbonyl (C=O) groups excluding carboxylic acids is 1. The number of nitrogens with two attached hydrogens (primary N) is 2. The third-order valence-corrected chi connectivity index (χ3v) is 2.05. The van der Waals surface area contributed by atoms with Crippen molar-refractivity contribution in [3.63, 3.8) is 0 Å². The number of rotatable bonds is 5. The van der Waals surface area contributed by atoms with Crippen molar-refractivity contribution < 1.29 is 4.79 Å². The van der Waals surface area contributed by atoms with E-state index in [0.717, 1.165) is 6.42 Å². The Kier molecular flexibility index (Phi) is 4.20. The van der Waals surface area contributed by atoms with Crippen LogP contribution in [0.25, 0.3) is 0 Å². The number of carbonyl (C=O) groups is 1. The second kappa shape index (κ2) is 4.42. The molecule has 0 bridgehead atoms. The van der Waals surface area contributed by atoms with Crippen molar-refractivity contribution in [1.82, 2.24) is 5.32 Å². The molecule has 72 valence electrons. The molecule has 1 amide bonds. The summed E-state index contributed by atoms with van der Waals surface area (Å²) in [6, 6.07) is -0.587. The lowest BCUT2D eigenvalue weighted by molar-refractivity contribution is -0.119. The Morgan fingerprint density at radius 3 is 2.42 bits per heavy atom. The summed E-state index contributed by atoms with van der Waals surface area (Å²) in [5.74, 6) is -0.464. The fraction of sp³-hybridized carbons (Fsp3) is 0.875. The standard InChI is InChI=1S/C8H19N3O/c1-4-8(2,3)11-5-6(9)7(10)12/h6,11H,4-5,9H2,1-3H3,(H2,10,12). The van der Waals surface area contributed by atoms with Crippen LogP contribution in [-0.4, -0.2) is 24.0 Å². The van der Waals surface area contributed by atoms with Crippen LogP contribution in [0.2, 0.25) is 0 Å². The van der Waals surface area contributed by atoms with Gasteiger partial charge in [-0.3, -0.25) is 4.79 Å². The smallest absolute Gasteiger partial charge is 0.235 e. The Hall–Kier alpha value is -0.610. The zero-order valence-corrected chi connectivity index (χ0v) is 8.05. The lowest BCUT2D eigenvalue weighted by atomic mass is 10.0. The fourth-order valence-corrected chi connectivity index (χ4v) is 0.612. The van der Waals surface area contributed by atoms with E-state index in [4.69, 9.17) is 11.5 Å². The zero-order valence-electron chi connectivity index (χ0n) is 8.05. The molecule has 0 aromatic carbocycles. The molecule has 0 spiro atoms. The van der Waals surface area contributed by atoms with Crippen LogP contribution in [-0.2, 0) is 4.79 Å². The summed E-state index contributed by atoms with van der Waals surface area (Å²) in [4.78, 5) is 10.6. The Bertz CT molecular complexity index is 156. The van der Waals surface area contributed by atoms with Crippen molar-refractivity contribution in [3.8, 4) is 0 Å². The molecule has 4 heteroatoms. The highest BCUT2D eigenvalue weighted by atomic mass is 16.1. The predicted molar refractivity (Wildman–Crippen MR) is 49.5 cm³/mol. The molecule has 0 aliphatic carbocycles. The summed E-state index contributed by atoms with van der Waals surface area (Å²) < 4.78 is 0. The van der Waals surface area contributed by atoms with Crippen LogP contribution in [0.1, 0.15) is 27.2 Å². The molecule has 12 heavy (non-hydrogen) atoms. The van der Waals surface area contributed by atoms with Gasteiger partial charge in [0.2, 0.25) is 5.91 Å². The van der Waals surface area contributed by atoms with Crippen molar-refractivity contribution in [2.45, 2.75) is 38.8 Å².